The molecule has 2 heterocycles. The van der Waals surface area contributed by atoms with Crippen LogP contribution in [0.3, 0.4) is 0 Å². The Morgan fingerprint density at radius 2 is 1.91 bits per heavy atom. The van der Waals surface area contributed by atoms with E-state index in [1.165, 1.54) is 17.6 Å². The largest absolute Gasteiger partial charge is 0.494 e. The van der Waals surface area contributed by atoms with Gasteiger partial charge in [0.2, 0.25) is 5.91 Å². The van der Waals surface area contributed by atoms with Gasteiger partial charge in [0.25, 0.3) is 0 Å². The molecule has 1 aliphatic heterocycles. The van der Waals surface area contributed by atoms with E-state index in [-0.39, 0.29) is 17.2 Å². The van der Waals surface area contributed by atoms with Crippen LogP contribution in [0, 0.1) is 0 Å². The number of fused-ring (bicyclic) bond motifs is 1. The zero-order chi connectivity index (χ0) is 24.1. The lowest BCUT2D eigenvalue weighted by atomic mass is 10.1. The monoisotopic (exact) mass is 503 g/mol. The van der Waals surface area contributed by atoms with Gasteiger partial charge in [0.1, 0.15) is 5.75 Å². The maximum absolute atomic E-state index is 13.4. The van der Waals surface area contributed by atoms with Gasteiger partial charge < -0.3 is 9.47 Å². The summed E-state index contributed by atoms with van der Waals surface area (Å²) >= 11 is 1.34. The molecule has 3 aromatic rings. The molecule has 0 spiro atoms. The van der Waals surface area contributed by atoms with Crippen molar-refractivity contribution < 1.29 is 22.7 Å². The summed E-state index contributed by atoms with van der Waals surface area (Å²) in [6, 6.07) is 12.4. The van der Waals surface area contributed by atoms with Crippen LogP contribution in [0.5, 0.6) is 5.75 Å². The summed E-state index contributed by atoms with van der Waals surface area (Å²) in [7, 11) is -3.33. The zero-order valence-electron chi connectivity index (χ0n) is 19.4. The lowest BCUT2D eigenvalue weighted by Crippen LogP contribution is -2.43. The maximum atomic E-state index is 13.4. The van der Waals surface area contributed by atoms with Gasteiger partial charge in [0.05, 0.1) is 41.4 Å². The number of rotatable bonds is 9. The fourth-order valence-electron chi connectivity index (χ4n) is 3.77. The first-order valence-electron chi connectivity index (χ1n) is 11.3. The van der Waals surface area contributed by atoms with Crippen molar-refractivity contribution in [3.8, 4) is 5.75 Å². The molecule has 0 aliphatic carbocycles. The number of nitrogens with zero attached hydrogens (tertiary/aromatic N) is 3. The van der Waals surface area contributed by atoms with E-state index in [0.29, 0.717) is 43.6 Å². The Morgan fingerprint density at radius 1 is 1.18 bits per heavy atom. The van der Waals surface area contributed by atoms with Crippen LogP contribution < -0.4 is 9.64 Å². The van der Waals surface area contributed by atoms with E-state index in [1.54, 1.807) is 23.1 Å². The highest BCUT2D eigenvalue weighted by Crippen LogP contribution is 2.31. The Morgan fingerprint density at radius 3 is 2.59 bits per heavy atom. The molecule has 10 heteroatoms. The molecule has 0 saturated carbocycles. The second-order valence-corrected chi connectivity index (χ2v) is 11.2. The number of carbonyl (C=O) groups is 1. The quantitative estimate of drug-likeness (QED) is 0.443. The van der Waals surface area contributed by atoms with Crippen molar-refractivity contribution in [3.05, 3.63) is 48.0 Å². The van der Waals surface area contributed by atoms with E-state index < -0.39 is 9.84 Å². The molecule has 1 fully saturated rings. The number of ether oxygens (including phenoxy) is 2. The number of benzene rings is 2. The van der Waals surface area contributed by atoms with Crippen LogP contribution in [-0.2, 0) is 25.8 Å². The molecular formula is C24H29N3O5S2. The normalized spacial score (nSPS) is 14.9. The molecule has 0 unspecified atom stereocenters. The first-order chi connectivity index (χ1) is 16.3. The number of anilines is 1. The molecule has 1 saturated heterocycles. The van der Waals surface area contributed by atoms with Gasteiger partial charge in [-0.15, -0.1) is 0 Å². The van der Waals surface area contributed by atoms with Crippen LogP contribution in [0.25, 0.3) is 10.2 Å². The van der Waals surface area contributed by atoms with E-state index in [0.717, 1.165) is 29.1 Å². The number of hydrogen-bond acceptors (Lipinski definition) is 8. The molecule has 0 radical (unpaired) electrons. The summed E-state index contributed by atoms with van der Waals surface area (Å²) in [5.41, 5.74) is 1.57. The smallest absolute Gasteiger partial charge is 0.233 e. The van der Waals surface area contributed by atoms with Gasteiger partial charge in [-0.05, 0) is 42.8 Å². The van der Waals surface area contributed by atoms with Crippen molar-refractivity contribution in [2.75, 3.05) is 57.2 Å². The van der Waals surface area contributed by atoms with Crippen LogP contribution in [0.2, 0.25) is 0 Å². The minimum atomic E-state index is -3.33. The summed E-state index contributed by atoms with van der Waals surface area (Å²) in [6.07, 6.45) is 1.42. The van der Waals surface area contributed by atoms with Crippen molar-refractivity contribution in [1.82, 2.24) is 9.88 Å². The van der Waals surface area contributed by atoms with E-state index in [4.69, 9.17) is 9.47 Å². The topological polar surface area (TPSA) is 89.0 Å². The summed E-state index contributed by atoms with van der Waals surface area (Å²) in [6.45, 7) is 6.77. The van der Waals surface area contributed by atoms with Gasteiger partial charge in [-0.25, -0.2) is 13.4 Å². The minimum Gasteiger partial charge on any atom is -0.494 e. The fourth-order valence-corrected chi connectivity index (χ4v) is 5.54. The van der Waals surface area contributed by atoms with Crippen LogP contribution in [0.15, 0.2) is 47.4 Å². The number of sulfone groups is 1. The highest BCUT2D eigenvalue weighted by molar-refractivity contribution is 7.90. The van der Waals surface area contributed by atoms with Gasteiger partial charge in [0, 0.05) is 32.4 Å². The lowest BCUT2D eigenvalue weighted by molar-refractivity contribution is -0.118. The predicted octanol–water partition coefficient (Wildman–Crippen LogP) is 3.01. The van der Waals surface area contributed by atoms with E-state index >= 15 is 0 Å². The third kappa shape index (κ3) is 6.12. The highest BCUT2D eigenvalue weighted by atomic mass is 32.2. The lowest BCUT2D eigenvalue weighted by Gasteiger charge is -2.29. The minimum absolute atomic E-state index is 0.0557. The predicted molar refractivity (Wildman–Crippen MR) is 134 cm³/mol. The molecule has 4 rings (SSSR count). The highest BCUT2D eigenvalue weighted by Gasteiger charge is 2.22. The van der Waals surface area contributed by atoms with Gasteiger partial charge >= 0.3 is 0 Å². The Bertz CT molecular complexity index is 1240. The molecule has 1 amide bonds. The Balaban J connectivity index is 1.58. The number of hydrogen-bond donors (Lipinski definition) is 0. The van der Waals surface area contributed by atoms with Gasteiger partial charge in [0.15, 0.2) is 15.0 Å². The first-order valence-corrected chi connectivity index (χ1v) is 14.0. The van der Waals surface area contributed by atoms with Gasteiger partial charge in [-0.2, -0.15) is 0 Å². The fraction of sp³-hybridized carbons (Fsp3) is 0.417. The van der Waals surface area contributed by atoms with E-state index in [9.17, 15) is 13.2 Å². The average molecular weight is 504 g/mol. The molecule has 0 N–H and O–H groups in total. The third-order valence-electron chi connectivity index (χ3n) is 5.64. The average Bonchev–Trinajstić information content (AvgIpc) is 3.24. The van der Waals surface area contributed by atoms with Crippen LogP contribution in [-0.4, -0.2) is 76.5 Å². The maximum Gasteiger partial charge on any atom is 0.233 e. The van der Waals surface area contributed by atoms with Crippen molar-refractivity contribution in [1.29, 1.82) is 0 Å². The SMILES string of the molecule is CCOc1ccc(CC(=O)N(CCN2CCOCC2)c2nc3ccc(S(C)(=O)=O)cc3s2)cc1. The van der Waals surface area contributed by atoms with E-state index in [2.05, 4.69) is 9.88 Å². The summed E-state index contributed by atoms with van der Waals surface area (Å²) in [5, 5.41) is 0.574. The molecular weight excluding hydrogens is 474 g/mol. The third-order valence-corrected chi connectivity index (χ3v) is 7.79. The van der Waals surface area contributed by atoms with E-state index in [1.807, 2.05) is 31.2 Å². The van der Waals surface area contributed by atoms with Crippen LogP contribution >= 0.6 is 11.3 Å². The van der Waals surface area contributed by atoms with Crippen LogP contribution in [0.1, 0.15) is 12.5 Å². The molecule has 0 bridgehead atoms. The summed E-state index contributed by atoms with van der Waals surface area (Å²) in [5.74, 6) is 0.718. The number of thiazole rings is 1. The second-order valence-electron chi connectivity index (χ2n) is 8.15. The Hall–Kier alpha value is -2.53. The molecule has 8 nitrogen and oxygen atoms in total. The first kappa shape index (κ1) is 24.6. The number of aromatic nitrogens is 1. The van der Waals surface area contributed by atoms with Gasteiger partial charge in [-0.3, -0.25) is 14.6 Å². The standard InChI is InChI=1S/C24H29N3O5S2/c1-3-32-19-6-4-18(5-7-19)16-23(28)27(11-10-26-12-14-31-15-13-26)24-25-21-9-8-20(34(2,29)30)17-22(21)33-24/h4-9,17H,3,10-16H2,1-2H3. The van der Waals surface area contributed by atoms with Crippen molar-refractivity contribution >= 4 is 42.4 Å². The summed E-state index contributed by atoms with van der Waals surface area (Å²) < 4.78 is 35.6. The number of amides is 1. The Labute approximate surface area is 204 Å². The summed E-state index contributed by atoms with van der Waals surface area (Å²) in [4.78, 5) is 22.3. The van der Waals surface area contributed by atoms with Crippen molar-refractivity contribution in [2.24, 2.45) is 0 Å². The second kappa shape index (κ2) is 10.8. The number of morpholine rings is 1. The molecule has 2 aromatic carbocycles. The zero-order valence-corrected chi connectivity index (χ0v) is 21.0. The Kier molecular flexibility index (Phi) is 7.82. The molecule has 1 aromatic heterocycles. The van der Waals surface area contributed by atoms with Gasteiger partial charge in [-0.1, -0.05) is 23.5 Å². The van der Waals surface area contributed by atoms with Crippen LogP contribution in [0.4, 0.5) is 5.13 Å². The molecule has 34 heavy (non-hydrogen) atoms. The molecule has 182 valence electrons. The van der Waals surface area contributed by atoms with Crippen molar-refractivity contribution in [3.63, 3.8) is 0 Å². The molecule has 0 atom stereocenters. The van der Waals surface area contributed by atoms with Crippen molar-refractivity contribution in [2.45, 2.75) is 18.2 Å². The number of carbonyl (C=O) groups excluding carboxylic acids is 1. The molecule has 1 aliphatic rings.